The zero-order valence-electron chi connectivity index (χ0n) is 8.40. The number of hydrogen-bond donors (Lipinski definition) is 4. The van der Waals surface area contributed by atoms with E-state index in [9.17, 15) is 0 Å². The van der Waals surface area contributed by atoms with Gasteiger partial charge in [-0.1, -0.05) is 13.8 Å². The third-order valence-electron chi connectivity index (χ3n) is 1.83. The van der Waals surface area contributed by atoms with Crippen molar-refractivity contribution < 1.29 is 15.3 Å². The maximum atomic E-state index is 9.04. The molecule has 13 heavy (non-hydrogen) atoms. The molecule has 0 spiro atoms. The fourth-order valence-corrected chi connectivity index (χ4v) is 1.16. The van der Waals surface area contributed by atoms with Crippen LogP contribution in [0.5, 0.6) is 0 Å². The molecule has 0 amide bonds. The zero-order chi connectivity index (χ0) is 10.3. The highest BCUT2D eigenvalue weighted by Crippen LogP contribution is 2.03. The van der Waals surface area contributed by atoms with Gasteiger partial charge in [0.1, 0.15) is 0 Å². The Hall–Kier alpha value is -0.160. The maximum absolute atomic E-state index is 9.04. The van der Waals surface area contributed by atoms with Crippen molar-refractivity contribution in [2.75, 3.05) is 19.8 Å². The molecule has 0 fully saturated rings. The Morgan fingerprint density at radius 2 is 1.77 bits per heavy atom. The van der Waals surface area contributed by atoms with Crippen LogP contribution in [-0.2, 0) is 0 Å². The van der Waals surface area contributed by atoms with E-state index in [-0.39, 0.29) is 19.3 Å². The van der Waals surface area contributed by atoms with Crippen molar-refractivity contribution in [1.29, 1.82) is 0 Å². The summed E-state index contributed by atoms with van der Waals surface area (Å²) in [6.45, 7) is 4.30. The lowest BCUT2D eigenvalue weighted by atomic mass is 10.0. The molecule has 0 rings (SSSR count). The minimum absolute atomic E-state index is 0.0150. The van der Waals surface area contributed by atoms with Crippen molar-refractivity contribution in [3.63, 3.8) is 0 Å². The van der Waals surface area contributed by atoms with E-state index in [0.29, 0.717) is 12.5 Å². The van der Waals surface area contributed by atoms with Crippen molar-refractivity contribution in [3.8, 4) is 0 Å². The molecule has 0 aliphatic heterocycles. The molecular formula is C9H21NO3. The van der Waals surface area contributed by atoms with Gasteiger partial charge in [0.15, 0.2) is 0 Å². The van der Waals surface area contributed by atoms with E-state index in [1.54, 1.807) is 0 Å². The summed E-state index contributed by atoms with van der Waals surface area (Å²) in [6.07, 6.45) is 0.135. The summed E-state index contributed by atoms with van der Waals surface area (Å²) in [6, 6.07) is 0.0150. The first-order valence-electron chi connectivity index (χ1n) is 4.73. The molecule has 4 N–H and O–H groups in total. The average Bonchev–Trinajstić information content (AvgIpc) is 2.10. The summed E-state index contributed by atoms with van der Waals surface area (Å²) in [5.74, 6) is 0.510. The maximum Gasteiger partial charge on any atom is 0.0895 e. The number of hydrogen-bond acceptors (Lipinski definition) is 4. The van der Waals surface area contributed by atoms with Gasteiger partial charge in [0, 0.05) is 12.6 Å². The van der Waals surface area contributed by atoms with Gasteiger partial charge in [0.05, 0.1) is 19.3 Å². The second kappa shape index (κ2) is 7.26. The Balaban J connectivity index is 3.59. The summed E-state index contributed by atoms with van der Waals surface area (Å²) in [4.78, 5) is 0. The van der Waals surface area contributed by atoms with E-state index in [2.05, 4.69) is 19.2 Å². The van der Waals surface area contributed by atoms with Gasteiger partial charge < -0.3 is 20.6 Å². The van der Waals surface area contributed by atoms with Crippen molar-refractivity contribution in [2.45, 2.75) is 32.4 Å². The summed E-state index contributed by atoms with van der Waals surface area (Å²) >= 11 is 0. The highest BCUT2D eigenvalue weighted by molar-refractivity contribution is 4.69. The van der Waals surface area contributed by atoms with Gasteiger partial charge in [-0.05, 0) is 12.3 Å². The smallest absolute Gasteiger partial charge is 0.0895 e. The largest absolute Gasteiger partial charge is 0.395 e. The molecular weight excluding hydrogens is 170 g/mol. The first-order chi connectivity index (χ1) is 6.10. The second-order valence-electron chi connectivity index (χ2n) is 3.75. The van der Waals surface area contributed by atoms with Crippen LogP contribution >= 0.6 is 0 Å². The molecule has 0 aromatic rings. The molecule has 0 saturated carbocycles. The minimum atomic E-state index is -0.735. The Kier molecular flexibility index (Phi) is 7.17. The van der Waals surface area contributed by atoms with Crippen LogP contribution in [0.1, 0.15) is 20.3 Å². The minimum Gasteiger partial charge on any atom is -0.395 e. The van der Waals surface area contributed by atoms with Gasteiger partial charge in [-0.3, -0.25) is 0 Å². The van der Waals surface area contributed by atoms with Crippen LogP contribution in [-0.4, -0.2) is 47.2 Å². The lowest BCUT2D eigenvalue weighted by molar-refractivity contribution is 0.0874. The Morgan fingerprint density at radius 3 is 2.15 bits per heavy atom. The molecule has 0 bridgehead atoms. The monoisotopic (exact) mass is 191 g/mol. The van der Waals surface area contributed by atoms with E-state index >= 15 is 0 Å². The van der Waals surface area contributed by atoms with Gasteiger partial charge in [-0.2, -0.15) is 0 Å². The van der Waals surface area contributed by atoms with Gasteiger partial charge in [0.2, 0.25) is 0 Å². The predicted octanol–water partition coefficient (Wildman–Crippen LogP) is -0.664. The highest BCUT2D eigenvalue weighted by atomic mass is 16.3. The Morgan fingerprint density at radius 1 is 1.15 bits per heavy atom. The summed E-state index contributed by atoms with van der Waals surface area (Å²) in [5.41, 5.74) is 0. The van der Waals surface area contributed by atoms with E-state index in [1.165, 1.54) is 0 Å². The zero-order valence-corrected chi connectivity index (χ0v) is 8.40. The number of nitrogens with one attached hydrogen (secondary N) is 1. The van der Waals surface area contributed by atoms with Crippen LogP contribution in [0, 0.1) is 5.92 Å². The lowest BCUT2D eigenvalue weighted by Gasteiger charge is -2.19. The van der Waals surface area contributed by atoms with Gasteiger partial charge in [-0.15, -0.1) is 0 Å². The van der Waals surface area contributed by atoms with Crippen LogP contribution in [0.2, 0.25) is 0 Å². The topological polar surface area (TPSA) is 72.7 Å². The Bertz CT molecular complexity index is 119. The van der Waals surface area contributed by atoms with Crippen LogP contribution in [0.3, 0.4) is 0 Å². The molecule has 0 radical (unpaired) electrons. The van der Waals surface area contributed by atoms with E-state index < -0.39 is 6.10 Å². The number of aliphatic hydroxyl groups excluding tert-OH is 3. The van der Waals surface area contributed by atoms with E-state index in [1.807, 2.05) is 0 Å². The van der Waals surface area contributed by atoms with Crippen LogP contribution < -0.4 is 5.32 Å². The molecule has 0 saturated heterocycles. The van der Waals surface area contributed by atoms with Crippen molar-refractivity contribution in [3.05, 3.63) is 0 Å². The molecule has 4 heteroatoms. The number of rotatable bonds is 7. The molecule has 0 aliphatic rings. The van der Waals surface area contributed by atoms with Crippen molar-refractivity contribution >= 4 is 0 Å². The van der Waals surface area contributed by atoms with Gasteiger partial charge in [-0.25, -0.2) is 0 Å². The summed E-state index contributed by atoms with van der Waals surface area (Å²) < 4.78 is 0. The molecule has 4 nitrogen and oxygen atoms in total. The normalized spacial score (nSPS) is 16.2. The summed E-state index contributed by atoms with van der Waals surface area (Å²) in [7, 11) is 0. The molecule has 0 aromatic heterocycles. The van der Waals surface area contributed by atoms with Crippen LogP contribution in [0.4, 0.5) is 0 Å². The van der Waals surface area contributed by atoms with Crippen LogP contribution in [0.25, 0.3) is 0 Å². The van der Waals surface area contributed by atoms with Crippen molar-refractivity contribution in [1.82, 2.24) is 5.32 Å². The quantitative estimate of drug-likeness (QED) is 0.431. The van der Waals surface area contributed by atoms with Crippen molar-refractivity contribution in [2.24, 2.45) is 5.92 Å². The molecule has 0 heterocycles. The molecule has 80 valence electrons. The SMILES string of the molecule is CC(C)CC(CO)NC[C@H](O)CO. The fraction of sp³-hybridized carbons (Fsp3) is 1.00. The lowest BCUT2D eigenvalue weighted by Crippen LogP contribution is -2.39. The Labute approximate surface area is 79.6 Å². The second-order valence-corrected chi connectivity index (χ2v) is 3.75. The molecule has 1 unspecified atom stereocenters. The first-order valence-corrected chi connectivity index (χ1v) is 4.73. The molecule has 0 aromatic carbocycles. The van der Waals surface area contributed by atoms with E-state index in [0.717, 1.165) is 6.42 Å². The van der Waals surface area contributed by atoms with Gasteiger partial charge >= 0.3 is 0 Å². The summed E-state index contributed by atoms with van der Waals surface area (Å²) in [5, 5.41) is 29.5. The highest BCUT2D eigenvalue weighted by Gasteiger charge is 2.10. The standard InChI is InChI=1S/C9H21NO3/c1-7(2)3-8(5-11)10-4-9(13)6-12/h7-13H,3-6H2,1-2H3/t8?,9-/m0/s1. The predicted molar refractivity (Wildman–Crippen MR) is 51.4 cm³/mol. The molecule has 0 aliphatic carbocycles. The van der Waals surface area contributed by atoms with E-state index in [4.69, 9.17) is 15.3 Å². The third-order valence-corrected chi connectivity index (χ3v) is 1.83. The third kappa shape index (κ3) is 6.95. The molecule has 2 atom stereocenters. The first kappa shape index (κ1) is 12.8. The average molecular weight is 191 g/mol. The van der Waals surface area contributed by atoms with Crippen LogP contribution in [0.15, 0.2) is 0 Å². The fourth-order valence-electron chi connectivity index (χ4n) is 1.16. The number of aliphatic hydroxyl groups is 3. The van der Waals surface area contributed by atoms with Gasteiger partial charge in [0.25, 0.3) is 0 Å².